The first-order valence-electron chi connectivity index (χ1n) is 8.52. The fourth-order valence-corrected chi connectivity index (χ4v) is 2.22. The number of rotatable bonds is 8. The normalized spacial score (nSPS) is 13.6. The van der Waals surface area contributed by atoms with Gasteiger partial charge in [0.1, 0.15) is 6.79 Å². The van der Waals surface area contributed by atoms with E-state index in [1.165, 1.54) is 0 Å². The van der Waals surface area contributed by atoms with E-state index in [-0.39, 0.29) is 0 Å². The molecule has 1 aromatic rings. The van der Waals surface area contributed by atoms with Crippen LogP contribution in [-0.4, -0.2) is 84.7 Å². The number of methoxy groups -OCH3 is 1. The summed E-state index contributed by atoms with van der Waals surface area (Å²) in [6.45, 7) is 9.51. The van der Waals surface area contributed by atoms with Crippen LogP contribution in [0.5, 0.6) is 0 Å². The van der Waals surface area contributed by atoms with Crippen LogP contribution in [0.4, 0.5) is 11.4 Å². The van der Waals surface area contributed by atoms with Gasteiger partial charge in [-0.3, -0.25) is 9.69 Å². The molecular formula is C18H32N4O4. The average Bonchev–Trinajstić information content (AvgIpc) is 2.70. The topological polar surface area (TPSA) is 106 Å². The molecule has 0 aromatic heterocycles. The third-order valence-electron chi connectivity index (χ3n) is 3.61. The van der Waals surface area contributed by atoms with Crippen LogP contribution in [0.3, 0.4) is 0 Å². The van der Waals surface area contributed by atoms with Crippen LogP contribution in [0.1, 0.15) is 10.4 Å². The smallest absolute Gasteiger partial charge is 0.152 e. The van der Waals surface area contributed by atoms with Gasteiger partial charge in [0.25, 0.3) is 0 Å². The molecule has 8 heteroatoms. The SMILES string of the molecule is C=O.CNCCN1CCOCC1.COCCNc1ccc(N)cc1C=O. The van der Waals surface area contributed by atoms with Crippen molar-refractivity contribution in [1.82, 2.24) is 10.2 Å². The van der Waals surface area contributed by atoms with E-state index in [0.29, 0.717) is 24.4 Å². The number of anilines is 2. The average molecular weight is 368 g/mol. The van der Waals surface area contributed by atoms with Gasteiger partial charge in [0.15, 0.2) is 6.29 Å². The number of nitrogens with one attached hydrogen (secondary N) is 2. The van der Waals surface area contributed by atoms with Crippen molar-refractivity contribution in [3.63, 3.8) is 0 Å². The number of benzene rings is 1. The predicted molar refractivity (Wildman–Crippen MR) is 105 cm³/mol. The van der Waals surface area contributed by atoms with Crippen molar-refractivity contribution in [2.75, 3.05) is 77.8 Å². The Labute approximate surface area is 156 Å². The highest BCUT2D eigenvalue weighted by Crippen LogP contribution is 2.16. The maximum Gasteiger partial charge on any atom is 0.152 e. The fraction of sp³-hybridized carbons (Fsp3) is 0.556. The quantitative estimate of drug-likeness (QED) is 0.346. The Kier molecular flexibility index (Phi) is 15.2. The van der Waals surface area contributed by atoms with E-state index in [0.717, 1.165) is 51.4 Å². The fourth-order valence-electron chi connectivity index (χ4n) is 2.22. The number of hydrogen-bond donors (Lipinski definition) is 3. The first-order chi connectivity index (χ1) is 12.7. The largest absolute Gasteiger partial charge is 0.399 e. The molecule has 148 valence electrons. The van der Waals surface area contributed by atoms with Crippen molar-refractivity contribution in [3.8, 4) is 0 Å². The molecule has 0 radical (unpaired) electrons. The Bertz CT molecular complexity index is 482. The van der Waals surface area contributed by atoms with Crippen LogP contribution in [-0.2, 0) is 14.3 Å². The molecule has 8 nitrogen and oxygen atoms in total. The van der Waals surface area contributed by atoms with Crippen molar-refractivity contribution in [1.29, 1.82) is 0 Å². The van der Waals surface area contributed by atoms with Crippen LogP contribution >= 0.6 is 0 Å². The molecule has 2 rings (SSSR count). The number of nitrogen functional groups attached to an aromatic ring is 1. The Morgan fingerprint density at radius 2 is 2.00 bits per heavy atom. The van der Waals surface area contributed by atoms with E-state index >= 15 is 0 Å². The molecule has 0 aliphatic carbocycles. The second kappa shape index (κ2) is 16.5. The lowest BCUT2D eigenvalue weighted by atomic mass is 10.2. The molecule has 0 bridgehead atoms. The molecule has 0 amide bonds. The summed E-state index contributed by atoms with van der Waals surface area (Å²) in [6.07, 6.45) is 0.783. The standard InChI is InChI=1S/C10H14N2O2.C7H16N2O.CH2O/c1-14-5-4-12-10-3-2-9(11)6-8(10)7-13;1-8-2-3-9-4-6-10-7-5-9;1-2/h2-3,6-7,12H,4-5,11H2,1H3;8H,2-7H2,1H3;1H2. The number of carbonyl (C=O) groups is 2. The van der Waals surface area contributed by atoms with Gasteiger partial charge in [-0.15, -0.1) is 0 Å². The summed E-state index contributed by atoms with van der Waals surface area (Å²) in [6, 6.07) is 5.18. The first kappa shape index (κ1) is 24.0. The highest BCUT2D eigenvalue weighted by Gasteiger charge is 2.08. The molecule has 0 unspecified atom stereocenters. The zero-order chi connectivity index (χ0) is 19.6. The Morgan fingerprint density at radius 3 is 2.58 bits per heavy atom. The number of nitrogens with zero attached hydrogens (tertiary/aromatic N) is 1. The van der Waals surface area contributed by atoms with Crippen molar-refractivity contribution in [2.45, 2.75) is 0 Å². The van der Waals surface area contributed by atoms with Gasteiger partial charge in [0.2, 0.25) is 0 Å². The minimum Gasteiger partial charge on any atom is -0.399 e. The maximum atomic E-state index is 10.7. The number of morpholine rings is 1. The van der Waals surface area contributed by atoms with Gasteiger partial charge < -0.3 is 30.6 Å². The van der Waals surface area contributed by atoms with E-state index in [2.05, 4.69) is 15.5 Å². The zero-order valence-corrected chi connectivity index (χ0v) is 15.8. The molecule has 1 aliphatic rings. The van der Waals surface area contributed by atoms with Crippen molar-refractivity contribution < 1.29 is 19.1 Å². The molecule has 26 heavy (non-hydrogen) atoms. The van der Waals surface area contributed by atoms with Crippen LogP contribution in [0.25, 0.3) is 0 Å². The van der Waals surface area contributed by atoms with E-state index in [9.17, 15) is 4.79 Å². The van der Waals surface area contributed by atoms with Crippen LogP contribution in [0.15, 0.2) is 18.2 Å². The lowest BCUT2D eigenvalue weighted by molar-refractivity contribution is -0.0980. The summed E-state index contributed by atoms with van der Waals surface area (Å²) in [7, 11) is 3.62. The Hall–Kier alpha value is -2.00. The van der Waals surface area contributed by atoms with Gasteiger partial charge in [0.05, 0.1) is 19.8 Å². The Balaban J connectivity index is 0.000000458. The second-order valence-corrected chi connectivity index (χ2v) is 5.44. The highest BCUT2D eigenvalue weighted by molar-refractivity contribution is 5.85. The summed E-state index contributed by atoms with van der Waals surface area (Å²) in [5, 5.41) is 6.21. The number of aldehydes is 1. The molecule has 0 atom stereocenters. The number of carbonyl (C=O) groups excluding carboxylic acids is 2. The number of nitrogens with two attached hydrogens (primary N) is 1. The van der Waals surface area contributed by atoms with Gasteiger partial charge in [-0.25, -0.2) is 0 Å². The summed E-state index contributed by atoms with van der Waals surface area (Å²) in [5.74, 6) is 0. The van der Waals surface area contributed by atoms with Crippen molar-refractivity contribution in [3.05, 3.63) is 23.8 Å². The minimum atomic E-state index is 0.570. The molecule has 1 fully saturated rings. The van der Waals surface area contributed by atoms with Gasteiger partial charge in [-0.2, -0.15) is 0 Å². The molecule has 0 saturated carbocycles. The number of ether oxygens (including phenoxy) is 2. The molecule has 0 spiro atoms. The summed E-state index contributed by atoms with van der Waals surface area (Å²) in [4.78, 5) is 21.1. The molecule has 1 heterocycles. The molecular weight excluding hydrogens is 336 g/mol. The third kappa shape index (κ3) is 10.8. The summed E-state index contributed by atoms with van der Waals surface area (Å²) in [5.41, 5.74) is 7.49. The molecule has 4 N–H and O–H groups in total. The molecule has 1 aromatic carbocycles. The van der Waals surface area contributed by atoms with E-state index in [1.807, 2.05) is 13.8 Å². The predicted octanol–water partition coefficient (Wildman–Crippen LogP) is 0.493. The number of hydrogen-bond acceptors (Lipinski definition) is 8. The van der Waals surface area contributed by atoms with Crippen LogP contribution < -0.4 is 16.4 Å². The third-order valence-corrected chi connectivity index (χ3v) is 3.61. The molecule has 1 saturated heterocycles. The highest BCUT2D eigenvalue weighted by atomic mass is 16.5. The van der Waals surface area contributed by atoms with Gasteiger partial charge in [0, 0.05) is 56.8 Å². The zero-order valence-electron chi connectivity index (χ0n) is 15.8. The summed E-state index contributed by atoms with van der Waals surface area (Å²) < 4.78 is 10.1. The van der Waals surface area contributed by atoms with Crippen molar-refractivity contribution >= 4 is 24.5 Å². The summed E-state index contributed by atoms with van der Waals surface area (Å²) >= 11 is 0. The van der Waals surface area contributed by atoms with Crippen LogP contribution in [0.2, 0.25) is 0 Å². The van der Waals surface area contributed by atoms with Gasteiger partial charge >= 0.3 is 0 Å². The Morgan fingerprint density at radius 1 is 1.31 bits per heavy atom. The first-order valence-corrected chi connectivity index (χ1v) is 8.52. The van der Waals surface area contributed by atoms with Crippen molar-refractivity contribution in [2.24, 2.45) is 0 Å². The maximum absolute atomic E-state index is 10.7. The number of likely N-dealkylation sites (N-methyl/N-ethyl adjacent to an activating group) is 1. The van der Waals surface area contributed by atoms with Crippen LogP contribution in [0, 0.1) is 0 Å². The molecule has 1 aliphatic heterocycles. The van der Waals surface area contributed by atoms with Gasteiger partial charge in [-0.05, 0) is 25.2 Å². The minimum absolute atomic E-state index is 0.570. The van der Waals surface area contributed by atoms with Gasteiger partial charge in [-0.1, -0.05) is 0 Å². The lowest BCUT2D eigenvalue weighted by Crippen LogP contribution is -2.39. The second-order valence-electron chi connectivity index (χ2n) is 5.44. The lowest BCUT2D eigenvalue weighted by Gasteiger charge is -2.26. The van der Waals surface area contributed by atoms with E-state index in [4.69, 9.17) is 20.0 Å². The van der Waals surface area contributed by atoms with E-state index in [1.54, 1.807) is 25.3 Å². The monoisotopic (exact) mass is 368 g/mol. The van der Waals surface area contributed by atoms with E-state index < -0.39 is 0 Å².